The van der Waals surface area contributed by atoms with Gasteiger partial charge < -0.3 is 10.1 Å². The molecule has 7 heteroatoms. The van der Waals surface area contributed by atoms with Crippen molar-refractivity contribution in [1.29, 1.82) is 0 Å². The summed E-state index contributed by atoms with van der Waals surface area (Å²) in [6, 6.07) is 14.8. The number of ether oxygens (including phenoxy) is 1. The molecule has 2 aromatic rings. The lowest BCUT2D eigenvalue weighted by molar-refractivity contribution is 0.272. The average Bonchev–Trinajstić information content (AvgIpc) is 2.54. The summed E-state index contributed by atoms with van der Waals surface area (Å²) in [6.07, 6.45) is 0.720. The van der Waals surface area contributed by atoms with Gasteiger partial charge in [0.2, 0.25) is 10.0 Å². The van der Waals surface area contributed by atoms with Crippen LogP contribution in [0.3, 0.4) is 0 Å². The summed E-state index contributed by atoms with van der Waals surface area (Å²) in [7, 11) is -3.65. The Balaban J connectivity index is 0.00000312. The number of hydrogen-bond donors (Lipinski definition) is 2. The maximum Gasteiger partial charge on any atom is 0.238 e. The number of hydrogen-bond acceptors (Lipinski definition) is 4. The summed E-state index contributed by atoms with van der Waals surface area (Å²) < 4.78 is 28.5. The summed E-state index contributed by atoms with van der Waals surface area (Å²) in [5.41, 5.74) is 2.05. The van der Waals surface area contributed by atoms with Crippen LogP contribution in [0.2, 0.25) is 0 Å². The molecule has 0 heterocycles. The lowest BCUT2D eigenvalue weighted by atomic mass is 10.1. The zero-order valence-corrected chi connectivity index (χ0v) is 16.1. The molecule has 0 spiro atoms. The molecule has 1 unspecified atom stereocenters. The maximum atomic E-state index is 11.4. The molecule has 0 aliphatic heterocycles. The van der Waals surface area contributed by atoms with Gasteiger partial charge in [0.15, 0.2) is 0 Å². The Labute approximate surface area is 156 Å². The van der Waals surface area contributed by atoms with Gasteiger partial charge in [0.25, 0.3) is 0 Å². The SMILES string of the molecule is Cc1ccccc1OCC(C)NCCc1cccc(S(N)(=O)=O)c1.Cl. The Hall–Kier alpha value is -1.60. The predicted octanol–water partition coefficient (Wildman–Crippen LogP) is 2.66. The molecule has 1 atom stereocenters. The number of aryl methyl sites for hydroxylation is 1. The summed E-state index contributed by atoms with van der Waals surface area (Å²) in [6.45, 7) is 5.37. The fourth-order valence-electron chi connectivity index (χ4n) is 2.33. The molecule has 5 nitrogen and oxygen atoms in total. The molecular weight excluding hydrogens is 360 g/mol. The molecule has 0 amide bonds. The monoisotopic (exact) mass is 384 g/mol. The highest BCUT2D eigenvalue weighted by atomic mass is 35.5. The highest BCUT2D eigenvalue weighted by Gasteiger charge is 2.08. The van der Waals surface area contributed by atoms with Crippen LogP contribution < -0.4 is 15.2 Å². The molecular formula is C18H25ClN2O3S. The van der Waals surface area contributed by atoms with Crippen LogP contribution in [0.5, 0.6) is 5.75 Å². The van der Waals surface area contributed by atoms with Gasteiger partial charge in [-0.3, -0.25) is 0 Å². The number of nitrogens with two attached hydrogens (primary N) is 1. The first-order valence-corrected chi connectivity index (χ1v) is 9.44. The topological polar surface area (TPSA) is 81.4 Å². The van der Waals surface area contributed by atoms with Gasteiger partial charge in [-0.15, -0.1) is 12.4 Å². The summed E-state index contributed by atoms with van der Waals surface area (Å²) >= 11 is 0. The maximum absolute atomic E-state index is 11.4. The minimum atomic E-state index is -3.65. The Morgan fingerprint density at radius 2 is 1.88 bits per heavy atom. The molecule has 3 N–H and O–H groups in total. The van der Waals surface area contributed by atoms with E-state index < -0.39 is 10.0 Å². The molecule has 25 heavy (non-hydrogen) atoms. The van der Waals surface area contributed by atoms with Crippen LogP contribution in [0, 0.1) is 6.92 Å². The van der Waals surface area contributed by atoms with E-state index in [-0.39, 0.29) is 23.3 Å². The second kappa shape index (κ2) is 9.77. The number of benzene rings is 2. The van der Waals surface area contributed by atoms with Gasteiger partial charge >= 0.3 is 0 Å². The third-order valence-electron chi connectivity index (χ3n) is 3.72. The van der Waals surface area contributed by atoms with Crippen molar-refractivity contribution in [2.75, 3.05) is 13.2 Å². The number of sulfonamides is 1. The molecule has 0 saturated heterocycles. The van der Waals surface area contributed by atoms with E-state index in [0.717, 1.165) is 29.8 Å². The zero-order valence-electron chi connectivity index (χ0n) is 14.4. The molecule has 0 saturated carbocycles. The van der Waals surface area contributed by atoms with Crippen molar-refractivity contribution in [3.05, 3.63) is 59.7 Å². The second-order valence-electron chi connectivity index (χ2n) is 5.87. The molecule has 2 aromatic carbocycles. The first kappa shape index (κ1) is 21.4. The molecule has 0 aliphatic rings. The van der Waals surface area contributed by atoms with E-state index in [1.165, 1.54) is 6.07 Å². The minimum Gasteiger partial charge on any atom is -0.492 e. The van der Waals surface area contributed by atoms with Gasteiger partial charge in [0.05, 0.1) is 4.90 Å². The smallest absolute Gasteiger partial charge is 0.238 e. The normalized spacial score (nSPS) is 12.3. The van der Waals surface area contributed by atoms with E-state index in [4.69, 9.17) is 9.88 Å². The van der Waals surface area contributed by atoms with E-state index in [2.05, 4.69) is 12.2 Å². The largest absolute Gasteiger partial charge is 0.492 e. The number of rotatable bonds is 8. The number of nitrogens with one attached hydrogen (secondary N) is 1. The summed E-state index contributed by atoms with van der Waals surface area (Å²) in [5, 5.41) is 8.52. The Morgan fingerprint density at radius 3 is 2.56 bits per heavy atom. The molecule has 0 aromatic heterocycles. The summed E-state index contributed by atoms with van der Waals surface area (Å²) in [5.74, 6) is 0.895. The lowest BCUT2D eigenvalue weighted by Gasteiger charge is -2.16. The Kier molecular flexibility index (Phi) is 8.38. The molecule has 0 aliphatic carbocycles. The number of primary sulfonamides is 1. The van der Waals surface area contributed by atoms with Gasteiger partial charge in [-0.05, 0) is 56.1 Å². The standard InChI is InChI=1S/C18H24N2O3S.ClH/c1-14-6-3-4-9-18(14)23-13-15(2)20-11-10-16-7-5-8-17(12-16)24(19,21)22;/h3-9,12,15,20H,10-11,13H2,1-2H3,(H2,19,21,22);1H. The fraction of sp³-hybridized carbons (Fsp3) is 0.333. The highest BCUT2D eigenvalue weighted by molar-refractivity contribution is 7.89. The van der Waals surface area contributed by atoms with Crippen LogP contribution in [0.1, 0.15) is 18.1 Å². The summed E-state index contributed by atoms with van der Waals surface area (Å²) in [4.78, 5) is 0.149. The highest BCUT2D eigenvalue weighted by Crippen LogP contribution is 2.16. The predicted molar refractivity (Wildman–Crippen MR) is 103 cm³/mol. The van der Waals surface area contributed by atoms with Gasteiger partial charge in [-0.2, -0.15) is 0 Å². The van der Waals surface area contributed by atoms with Crippen LogP contribution in [0.15, 0.2) is 53.4 Å². The number of para-hydroxylation sites is 1. The van der Waals surface area contributed by atoms with Crippen LogP contribution >= 0.6 is 12.4 Å². The van der Waals surface area contributed by atoms with Crippen molar-refractivity contribution in [2.45, 2.75) is 31.2 Å². The molecule has 138 valence electrons. The molecule has 0 fully saturated rings. The van der Waals surface area contributed by atoms with Crippen LogP contribution in [0.4, 0.5) is 0 Å². The lowest BCUT2D eigenvalue weighted by Crippen LogP contribution is -2.33. The van der Waals surface area contributed by atoms with Crippen molar-refractivity contribution < 1.29 is 13.2 Å². The third-order valence-corrected chi connectivity index (χ3v) is 4.63. The van der Waals surface area contributed by atoms with Gasteiger partial charge in [-0.25, -0.2) is 13.6 Å². The van der Waals surface area contributed by atoms with Gasteiger partial charge in [0.1, 0.15) is 12.4 Å². The van der Waals surface area contributed by atoms with E-state index in [1.807, 2.05) is 37.3 Å². The molecule has 0 bridgehead atoms. The van der Waals surface area contributed by atoms with Crippen molar-refractivity contribution >= 4 is 22.4 Å². The second-order valence-corrected chi connectivity index (χ2v) is 7.44. The van der Waals surface area contributed by atoms with Gasteiger partial charge in [0, 0.05) is 6.04 Å². The molecule has 0 radical (unpaired) electrons. The molecule has 2 rings (SSSR count). The van der Waals surface area contributed by atoms with Crippen LogP contribution in [0.25, 0.3) is 0 Å². The van der Waals surface area contributed by atoms with E-state index in [9.17, 15) is 8.42 Å². The van der Waals surface area contributed by atoms with E-state index in [1.54, 1.807) is 12.1 Å². The van der Waals surface area contributed by atoms with Crippen molar-refractivity contribution in [3.8, 4) is 5.75 Å². The quantitative estimate of drug-likeness (QED) is 0.733. The van der Waals surface area contributed by atoms with Gasteiger partial charge in [-0.1, -0.05) is 30.3 Å². The van der Waals surface area contributed by atoms with Crippen LogP contribution in [-0.4, -0.2) is 27.6 Å². The van der Waals surface area contributed by atoms with E-state index in [0.29, 0.717) is 6.61 Å². The first-order chi connectivity index (χ1) is 11.4. The zero-order chi connectivity index (χ0) is 17.6. The minimum absolute atomic E-state index is 0. The fourth-order valence-corrected chi connectivity index (χ4v) is 2.92. The average molecular weight is 385 g/mol. The number of halogens is 1. The van der Waals surface area contributed by atoms with Crippen LogP contribution in [-0.2, 0) is 16.4 Å². The Bertz CT molecular complexity index is 781. The Morgan fingerprint density at radius 1 is 1.16 bits per heavy atom. The third kappa shape index (κ3) is 7.04. The first-order valence-electron chi connectivity index (χ1n) is 7.90. The van der Waals surface area contributed by atoms with Crippen molar-refractivity contribution in [3.63, 3.8) is 0 Å². The van der Waals surface area contributed by atoms with Crippen molar-refractivity contribution in [2.24, 2.45) is 5.14 Å². The van der Waals surface area contributed by atoms with E-state index >= 15 is 0 Å². The van der Waals surface area contributed by atoms with Crippen molar-refractivity contribution in [1.82, 2.24) is 5.32 Å².